The fraction of sp³-hybridized carbons (Fsp3) is 0.391. The highest BCUT2D eigenvalue weighted by Gasteiger charge is 2.11. The summed E-state index contributed by atoms with van der Waals surface area (Å²) in [7, 11) is 0. The second-order valence-corrected chi connectivity index (χ2v) is 7.33. The van der Waals surface area contributed by atoms with Crippen molar-refractivity contribution in [1.82, 2.24) is 0 Å². The fourth-order valence-electron chi connectivity index (χ4n) is 2.71. The first-order valence-electron chi connectivity index (χ1n) is 10.1. The molecular formula is C23H30F2N2O4. The first kappa shape index (κ1) is 26.2. The first-order chi connectivity index (χ1) is 14.6. The average Bonchev–Trinajstić information content (AvgIpc) is 2.73. The minimum Gasteiger partial charge on any atom is -0.481 e. The van der Waals surface area contributed by atoms with Crippen LogP contribution in [-0.2, 0) is 16.0 Å². The topological polar surface area (TPSA) is 127 Å². The Kier molecular flexibility index (Phi) is 11.4. The molecule has 0 aliphatic heterocycles. The van der Waals surface area contributed by atoms with E-state index in [-0.39, 0.29) is 5.92 Å². The molecule has 0 saturated heterocycles. The summed E-state index contributed by atoms with van der Waals surface area (Å²) in [5, 5.41) is 17.2. The predicted molar refractivity (Wildman–Crippen MR) is 115 cm³/mol. The molecule has 31 heavy (non-hydrogen) atoms. The highest BCUT2D eigenvalue weighted by molar-refractivity contribution is 5.73. The summed E-state index contributed by atoms with van der Waals surface area (Å²) >= 11 is 0. The molecule has 0 aromatic heterocycles. The third-order valence-electron chi connectivity index (χ3n) is 4.77. The molecule has 0 spiro atoms. The lowest BCUT2D eigenvalue weighted by molar-refractivity contribution is -0.141. The Morgan fingerprint density at radius 2 is 1.61 bits per heavy atom. The van der Waals surface area contributed by atoms with E-state index in [1.165, 1.54) is 12.1 Å². The second-order valence-electron chi connectivity index (χ2n) is 7.33. The number of carboxylic acids is 2. The monoisotopic (exact) mass is 436 g/mol. The Morgan fingerprint density at radius 3 is 2.13 bits per heavy atom. The number of benzene rings is 2. The molecule has 0 aliphatic rings. The summed E-state index contributed by atoms with van der Waals surface area (Å²) < 4.78 is 26.6. The molecule has 2 aromatic carbocycles. The van der Waals surface area contributed by atoms with Gasteiger partial charge >= 0.3 is 11.9 Å². The zero-order valence-corrected chi connectivity index (χ0v) is 17.6. The van der Waals surface area contributed by atoms with E-state index >= 15 is 0 Å². The van der Waals surface area contributed by atoms with Crippen LogP contribution in [0, 0.1) is 17.6 Å². The molecule has 0 radical (unpaired) electrons. The number of aryl methyl sites for hydroxylation is 1. The van der Waals surface area contributed by atoms with Gasteiger partial charge < -0.3 is 21.7 Å². The molecule has 0 aliphatic carbocycles. The van der Waals surface area contributed by atoms with Crippen molar-refractivity contribution >= 4 is 11.9 Å². The van der Waals surface area contributed by atoms with E-state index in [1.807, 2.05) is 12.1 Å². The Bertz CT molecular complexity index is 844. The largest absolute Gasteiger partial charge is 0.481 e. The maximum Gasteiger partial charge on any atom is 0.320 e. The van der Waals surface area contributed by atoms with Gasteiger partial charge in [0.1, 0.15) is 17.7 Å². The number of aliphatic carboxylic acids is 2. The summed E-state index contributed by atoms with van der Waals surface area (Å²) in [5.74, 6) is -3.32. The Labute approximate surface area is 180 Å². The SMILES string of the molecule is CC(CCc1ccc(-c2ccc(F)cc2F)cc1)C(=O)O.NCCCCC(N)C(=O)O. The zero-order chi connectivity index (χ0) is 23.4. The lowest BCUT2D eigenvalue weighted by atomic mass is 9.98. The van der Waals surface area contributed by atoms with Gasteiger partial charge in [-0.25, -0.2) is 8.78 Å². The number of carboxylic acid groups (broad SMARTS) is 2. The van der Waals surface area contributed by atoms with Crippen molar-refractivity contribution in [1.29, 1.82) is 0 Å². The molecule has 0 fully saturated rings. The highest BCUT2D eigenvalue weighted by atomic mass is 19.1. The number of nitrogens with two attached hydrogens (primary N) is 2. The minimum atomic E-state index is -0.933. The normalized spacial score (nSPS) is 12.4. The van der Waals surface area contributed by atoms with Crippen molar-refractivity contribution in [2.75, 3.05) is 6.54 Å². The summed E-state index contributed by atoms with van der Waals surface area (Å²) in [6.07, 6.45) is 3.37. The van der Waals surface area contributed by atoms with Crippen molar-refractivity contribution in [2.24, 2.45) is 17.4 Å². The molecule has 0 heterocycles. The molecule has 2 aromatic rings. The van der Waals surface area contributed by atoms with Gasteiger partial charge in [-0.3, -0.25) is 9.59 Å². The minimum absolute atomic E-state index is 0.349. The van der Waals surface area contributed by atoms with Crippen LogP contribution in [0.1, 0.15) is 38.2 Å². The van der Waals surface area contributed by atoms with Crippen LogP contribution in [0.5, 0.6) is 0 Å². The van der Waals surface area contributed by atoms with Gasteiger partial charge in [0.25, 0.3) is 0 Å². The molecule has 0 saturated carbocycles. The molecule has 2 unspecified atom stereocenters. The number of unbranched alkanes of at least 4 members (excludes halogenated alkanes) is 1. The Hall–Kier alpha value is -2.84. The summed E-state index contributed by atoms with van der Waals surface area (Å²) in [6, 6.07) is 9.98. The van der Waals surface area contributed by atoms with Crippen LogP contribution in [-0.4, -0.2) is 34.7 Å². The molecule has 6 nitrogen and oxygen atoms in total. The number of carbonyl (C=O) groups is 2. The van der Waals surface area contributed by atoms with E-state index in [9.17, 15) is 18.4 Å². The van der Waals surface area contributed by atoms with Crippen LogP contribution >= 0.6 is 0 Å². The number of hydrogen-bond acceptors (Lipinski definition) is 4. The Balaban J connectivity index is 0.000000407. The molecule has 8 heteroatoms. The molecule has 170 valence electrons. The van der Waals surface area contributed by atoms with E-state index in [0.717, 1.165) is 24.5 Å². The molecule has 0 bridgehead atoms. The van der Waals surface area contributed by atoms with Gasteiger partial charge in [0.15, 0.2) is 0 Å². The van der Waals surface area contributed by atoms with Gasteiger partial charge in [-0.1, -0.05) is 37.6 Å². The van der Waals surface area contributed by atoms with E-state index in [2.05, 4.69) is 0 Å². The third-order valence-corrected chi connectivity index (χ3v) is 4.77. The van der Waals surface area contributed by atoms with E-state index in [0.29, 0.717) is 36.9 Å². The summed E-state index contributed by atoms with van der Waals surface area (Å²) in [5.41, 5.74) is 12.4. The fourth-order valence-corrected chi connectivity index (χ4v) is 2.71. The van der Waals surface area contributed by atoms with E-state index in [4.69, 9.17) is 21.7 Å². The molecule has 6 N–H and O–H groups in total. The summed E-state index contributed by atoms with van der Waals surface area (Å²) in [4.78, 5) is 20.9. The second kappa shape index (κ2) is 13.5. The third kappa shape index (κ3) is 9.67. The molecular weight excluding hydrogens is 406 g/mol. The van der Waals surface area contributed by atoms with Gasteiger partial charge in [0.05, 0.1) is 5.92 Å². The van der Waals surface area contributed by atoms with Gasteiger partial charge in [0, 0.05) is 11.6 Å². The number of hydrogen-bond donors (Lipinski definition) is 4. The standard InChI is InChI=1S/C17H16F2O2.C6H14N2O2/c1-11(17(20)21)2-3-12-4-6-13(7-5-12)15-9-8-14(18)10-16(15)19;7-4-2-1-3-5(8)6(9)10/h4-11H,2-3H2,1H3,(H,20,21);5H,1-4,7-8H2,(H,9,10). The van der Waals surface area contributed by atoms with Gasteiger partial charge in [-0.2, -0.15) is 0 Å². The Morgan fingerprint density at radius 1 is 0.968 bits per heavy atom. The highest BCUT2D eigenvalue weighted by Crippen LogP contribution is 2.24. The van der Waals surface area contributed by atoms with Crippen LogP contribution in [0.15, 0.2) is 42.5 Å². The van der Waals surface area contributed by atoms with Crippen LogP contribution in [0.25, 0.3) is 11.1 Å². The van der Waals surface area contributed by atoms with Crippen molar-refractivity contribution in [2.45, 2.75) is 45.1 Å². The van der Waals surface area contributed by atoms with Crippen molar-refractivity contribution < 1.29 is 28.6 Å². The predicted octanol–water partition coefficient (Wildman–Crippen LogP) is 3.81. The average molecular weight is 436 g/mol. The molecule has 2 atom stereocenters. The number of halogens is 2. The quantitative estimate of drug-likeness (QED) is 0.420. The zero-order valence-electron chi connectivity index (χ0n) is 17.6. The smallest absolute Gasteiger partial charge is 0.320 e. The lowest BCUT2D eigenvalue weighted by Gasteiger charge is -2.08. The van der Waals surface area contributed by atoms with E-state index < -0.39 is 29.6 Å². The number of rotatable bonds is 10. The van der Waals surface area contributed by atoms with E-state index in [1.54, 1.807) is 19.1 Å². The van der Waals surface area contributed by atoms with Crippen LogP contribution in [0.2, 0.25) is 0 Å². The molecule has 0 amide bonds. The van der Waals surface area contributed by atoms with Gasteiger partial charge in [0.2, 0.25) is 0 Å². The maximum absolute atomic E-state index is 13.7. The lowest BCUT2D eigenvalue weighted by Crippen LogP contribution is -2.29. The maximum atomic E-state index is 13.7. The van der Waals surface area contributed by atoms with Gasteiger partial charge in [-0.05, 0) is 55.5 Å². The summed E-state index contributed by atoms with van der Waals surface area (Å²) in [6.45, 7) is 2.27. The molecule has 2 rings (SSSR count). The van der Waals surface area contributed by atoms with Crippen molar-refractivity contribution in [3.05, 3.63) is 59.7 Å². The van der Waals surface area contributed by atoms with Crippen molar-refractivity contribution in [3.63, 3.8) is 0 Å². The van der Waals surface area contributed by atoms with Crippen LogP contribution in [0.4, 0.5) is 8.78 Å². The first-order valence-corrected chi connectivity index (χ1v) is 10.1. The van der Waals surface area contributed by atoms with Crippen LogP contribution in [0.3, 0.4) is 0 Å². The van der Waals surface area contributed by atoms with Gasteiger partial charge in [-0.15, -0.1) is 0 Å². The van der Waals surface area contributed by atoms with Crippen LogP contribution < -0.4 is 11.5 Å². The van der Waals surface area contributed by atoms with Crippen molar-refractivity contribution in [3.8, 4) is 11.1 Å².